The number of aryl methyl sites for hydroxylation is 1. The number of rotatable bonds is 7. The van der Waals surface area contributed by atoms with Crippen LogP contribution in [0.25, 0.3) is 10.9 Å². The second kappa shape index (κ2) is 7.84. The molecule has 0 spiro atoms. The number of para-hydroxylation sites is 1. The molecular weight excluding hydrogens is 362 g/mol. The molecular formula is C20H23N3O3S. The standard InChI is InChI=1S/C20H23N3O3S/c1-4-23-14-16(19-7-5-6-8-20(19)23)13-21-22-27(24,25)18-11-9-17(10-12-18)26-15(2)3/h5-15,22H,4H2,1-3H3/b21-13+. The number of hydrogen-bond donors (Lipinski definition) is 1. The average molecular weight is 385 g/mol. The summed E-state index contributed by atoms with van der Waals surface area (Å²) < 4.78 is 32.4. The fourth-order valence-electron chi connectivity index (χ4n) is 2.83. The van der Waals surface area contributed by atoms with Crippen LogP contribution in [-0.2, 0) is 16.6 Å². The van der Waals surface area contributed by atoms with E-state index in [-0.39, 0.29) is 11.0 Å². The summed E-state index contributed by atoms with van der Waals surface area (Å²) in [6, 6.07) is 14.2. The van der Waals surface area contributed by atoms with Gasteiger partial charge in [0, 0.05) is 29.2 Å². The number of benzene rings is 2. The first-order chi connectivity index (χ1) is 12.9. The van der Waals surface area contributed by atoms with E-state index in [0.717, 1.165) is 23.0 Å². The molecule has 0 bridgehead atoms. The van der Waals surface area contributed by atoms with E-state index in [4.69, 9.17) is 4.74 Å². The lowest BCUT2D eigenvalue weighted by Crippen LogP contribution is -2.18. The summed E-state index contributed by atoms with van der Waals surface area (Å²) in [5.74, 6) is 0.625. The number of aromatic nitrogens is 1. The predicted octanol–water partition coefficient (Wildman–Crippen LogP) is 3.76. The summed E-state index contributed by atoms with van der Waals surface area (Å²) in [7, 11) is -3.74. The fraction of sp³-hybridized carbons (Fsp3) is 0.250. The van der Waals surface area contributed by atoms with Gasteiger partial charge in [0.2, 0.25) is 0 Å². The van der Waals surface area contributed by atoms with Crippen LogP contribution in [-0.4, -0.2) is 25.3 Å². The largest absolute Gasteiger partial charge is 0.491 e. The lowest BCUT2D eigenvalue weighted by atomic mass is 10.2. The van der Waals surface area contributed by atoms with Gasteiger partial charge in [0.05, 0.1) is 17.2 Å². The third-order valence-corrected chi connectivity index (χ3v) is 5.28. The highest BCUT2D eigenvalue weighted by molar-refractivity contribution is 7.89. The predicted molar refractivity (Wildman–Crippen MR) is 108 cm³/mol. The Labute approximate surface area is 159 Å². The van der Waals surface area contributed by atoms with E-state index in [1.807, 2.05) is 44.3 Å². The first-order valence-corrected chi connectivity index (χ1v) is 10.3. The normalized spacial score (nSPS) is 12.1. The van der Waals surface area contributed by atoms with Crippen LogP contribution in [0.5, 0.6) is 5.75 Å². The van der Waals surface area contributed by atoms with Gasteiger partial charge < -0.3 is 9.30 Å². The molecule has 1 heterocycles. The van der Waals surface area contributed by atoms with E-state index in [0.29, 0.717) is 5.75 Å². The highest BCUT2D eigenvalue weighted by atomic mass is 32.2. The van der Waals surface area contributed by atoms with E-state index in [9.17, 15) is 8.42 Å². The molecule has 0 atom stereocenters. The minimum Gasteiger partial charge on any atom is -0.491 e. The zero-order valence-corrected chi connectivity index (χ0v) is 16.4. The summed E-state index contributed by atoms with van der Waals surface area (Å²) in [4.78, 5) is 2.40. The highest BCUT2D eigenvalue weighted by Gasteiger charge is 2.13. The first-order valence-electron chi connectivity index (χ1n) is 8.80. The van der Waals surface area contributed by atoms with Crippen molar-refractivity contribution in [2.24, 2.45) is 5.10 Å². The Hall–Kier alpha value is -2.80. The van der Waals surface area contributed by atoms with Crippen LogP contribution in [0.1, 0.15) is 26.3 Å². The monoisotopic (exact) mass is 385 g/mol. The molecule has 0 amide bonds. The molecule has 3 aromatic rings. The molecule has 27 heavy (non-hydrogen) atoms. The summed E-state index contributed by atoms with van der Waals surface area (Å²) in [6.07, 6.45) is 3.52. The Morgan fingerprint density at radius 2 is 1.85 bits per heavy atom. The van der Waals surface area contributed by atoms with Crippen molar-refractivity contribution in [1.82, 2.24) is 9.40 Å². The maximum Gasteiger partial charge on any atom is 0.276 e. The second-order valence-electron chi connectivity index (χ2n) is 6.38. The van der Waals surface area contributed by atoms with Crippen LogP contribution in [0.4, 0.5) is 0 Å². The number of nitrogens with one attached hydrogen (secondary N) is 1. The average Bonchev–Trinajstić information content (AvgIpc) is 3.00. The summed E-state index contributed by atoms with van der Waals surface area (Å²) in [5, 5.41) is 4.98. The van der Waals surface area contributed by atoms with Crippen molar-refractivity contribution in [3.05, 3.63) is 60.3 Å². The van der Waals surface area contributed by atoms with E-state index >= 15 is 0 Å². The molecule has 0 radical (unpaired) electrons. The third kappa shape index (κ3) is 4.31. The van der Waals surface area contributed by atoms with Gasteiger partial charge in [-0.3, -0.25) is 0 Å². The van der Waals surface area contributed by atoms with Gasteiger partial charge in [-0.2, -0.15) is 13.5 Å². The number of fused-ring (bicyclic) bond motifs is 1. The Kier molecular flexibility index (Phi) is 5.51. The maximum absolute atomic E-state index is 12.4. The van der Waals surface area contributed by atoms with Crippen molar-refractivity contribution < 1.29 is 13.2 Å². The minimum atomic E-state index is -3.74. The van der Waals surface area contributed by atoms with Crippen LogP contribution in [0.3, 0.4) is 0 Å². The molecule has 7 heteroatoms. The molecule has 0 unspecified atom stereocenters. The van der Waals surface area contributed by atoms with E-state index < -0.39 is 10.0 Å². The van der Waals surface area contributed by atoms with Crippen molar-refractivity contribution >= 4 is 27.1 Å². The highest BCUT2D eigenvalue weighted by Crippen LogP contribution is 2.20. The van der Waals surface area contributed by atoms with Crippen molar-refractivity contribution in [1.29, 1.82) is 0 Å². The molecule has 6 nitrogen and oxygen atoms in total. The van der Waals surface area contributed by atoms with Crippen molar-refractivity contribution in [2.45, 2.75) is 38.3 Å². The van der Waals surface area contributed by atoms with E-state index in [1.54, 1.807) is 12.1 Å². The first kappa shape index (κ1) is 19.0. The van der Waals surface area contributed by atoms with Crippen LogP contribution in [0.15, 0.2) is 64.7 Å². The summed E-state index contributed by atoms with van der Waals surface area (Å²) in [5.41, 5.74) is 1.95. The molecule has 0 saturated heterocycles. The molecule has 142 valence electrons. The van der Waals surface area contributed by atoms with Gasteiger partial charge in [-0.25, -0.2) is 4.83 Å². The van der Waals surface area contributed by atoms with Crippen molar-refractivity contribution in [2.75, 3.05) is 0 Å². The Morgan fingerprint density at radius 3 is 2.52 bits per heavy atom. The van der Waals surface area contributed by atoms with Gasteiger partial charge in [-0.1, -0.05) is 18.2 Å². The Morgan fingerprint density at radius 1 is 1.15 bits per heavy atom. The smallest absolute Gasteiger partial charge is 0.276 e. The topological polar surface area (TPSA) is 72.7 Å². The Balaban J connectivity index is 1.77. The quantitative estimate of drug-likeness (QED) is 0.497. The van der Waals surface area contributed by atoms with Crippen molar-refractivity contribution in [3.8, 4) is 5.75 Å². The van der Waals surface area contributed by atoms with Crippen LogP contribution in [0.2, 0.25) is 0 Å². The second-order valence-corrected chi connectivity index (χ2v) is 8.04. The fourth-order valence-corrected chi connectivity index (χ4v) is 3.62. The van der Waals surface area contributed by atoms with Gasteiger partial charge in [0.1, 0.15) is 5.75 Å². The lowest BCUT2D eigenvalue weighted by Gasteiger charge is -2.10. The number of sulfonamides is 1. The number of hydrogen-bond acceptors (Lipinski definition) is 4. The molecule has 0 aliphatic carbocycles. The lowest BCUT2D eigenvalue weighted by molar-refractivity contribution is 0.242. The van der Waals surface area contributed by atoms with E-state index in [1.165, 1.54) is 18.3 Å². The summed E-state index contributed by atoms with van der Waals surface area (Å²) in [6.45, 7) is 6.71. The molecule has 2 aromatic carbocycles. The minimum absolute atomic E-state index is 0.0282. The number of nitrogens with zero attached hydrogens (tertiary/aromatic N) is 2. The summed E-state index contributed by atoms with van der Waals surface area (Å²) >= 11 is 0. The Bertz CT molecular complexity index is 1050. The van der Waals surface area contributed by atoms with Crippen molar-refractivity contribution in [3.63, 3.8) is 0 Å². The molecule has 0 saturated carbocycles. The van der Waals surface area contributed by atoms with Gasteiger partial charge in [-0.15, -0.1) is 0 Å². The van der Waals surface area contributed by atoms with Crippen LogP contribution >= 0.6 is 0 Å². The van der Waals surface area contributed by atoms with Gasteiger partial charge in [-0.05, 0) is 51.1 Å². The molecule has 0 aliphatic heterocycles. The van der Waals surface area contributed by atoms with E-state index in [2.05, 4.69) is 21.4 Å². The zero-order valence-electron chi connectivity index (χ0n) is 15.6. The third-order valence-electron chi connectivity index (χ3n) is 4.04. The molecule has 0 fully saturated rings. The molecule has 0 aliphatic rings. The molecule has 3 rings (SSSR count). The number of ether oxygens (including phenoxy) is 1. The maximum atomic E-state index is 12.4. The zero-order chi connectivity index (χ0) is 19.4. The molecule has 1 N–H and O–H groups in total. The SMILES string of the molecule is CCn1cc(/C=N/NS(=O)(=O)c2ccc(OC(C)C)cc2)c2ccccc21. The van der Waals surface area contributed by atoms with Gasteiger partial charge in [0.25, 0.3) is 10.0 Å². The van der Waals surface area contributed by atoms with Crippen LogP contribution < -0.4 is 9.57 Å². The number of hydrazone groups is 1. The van der Waals surface area contributed by atoms with Gasteiger partial charge >= 0.3 is 0 Å². The van der Waals surface area contributed by atoms with Gasteiger partial charge in [0.15, 0.2) is 0 Å². The molecule has 1 aromatic heterocycles. The van der Waals surface area contributed by atoms with Crippen LogP contribution in [0, 0.1) is 0 Å².